The van der Waals surface area contributed by atoms with E-state index >= 15 is 0 Å². The molecular weight excluding hydrogens is 416 g/mol. The van der Waals surface area contributed by atoms with E-state index in [-0.39, 0.29) is 17.8 Å². The third-order valence-corrected chi connectivity index (χ3v) is 6.57. The van der Waals surface area contributed by atoms with Gasteiger partial charge in [-0.25, -0.2) is 8.78 Å². The Bertz CT molecular complexity index is 771. The van der Waals surface area contributed by atoms with E-state index in [9.17, 15) is 13.6 Å². The maximum absolute atomic E-state index is 13.7. The second-order valence-corrected chi connectivity index (χ2v) is 8.97. The van der Waals surface area contributed by atoms with Crippen molar-refractivity contribution < 1.29 is 27.8 Å². The molecule has 1 aromatic carbocycles. The predicted octanol–water partition coefficient (Wildman–Crippen LogP) is 5.69. The minimum atomic E-state index is -1.03. The van der Waals surface area contributed by atoms with Crippen LogP contribution in [0.25, 0.3) is 0 Å². The van der Waals surface area contributed by atoms with Gasteiger partial charge in [0.25, 0.3) is 0 Å². The minimum absolute atomic E-state index is 0.141. The third kappa shape index (κ3) is 6.98. The summed E-state index contributed by atoms with van der Waals surface area (Å²) < 4.78 is 44.6. The van der Waals surface area contributed by atoms with Gasteiger partial charge in [-0.05, 0) is 63.7 Å². The fourth-order valence-corrected chi connectivity index (χ4v) is 4.51. The van der Waals surface area contributed by atoms with Crippen molar-refractivity contribution in [2.75, 3.05) is 13.2 Å². The van der Waals surface area contributed by atoms with E-state index in [1.54, 1.807) is 0 Å². The number of ether oxygens (including phenoxy) is 3. The van der Waals surface area contributed by atoms with Crippen LogP contribution in [0.15, 0.2) is 12.1 Å². The molecule has 0 bridgehead atoms. The van der Waals surface area contributed by atoms with Crippen LogP contribution in [0.3, 0.4) is 0 Å². The van der Waals surface area contributed by atoms with Crippen molar-refractivity contribution in [2.45, 2.75) is 83.3 Å². The number of benzene rings is 1. The molecule has 176 valence electrons. The molecule has 2 aliphatic rings. The monoisotopic (exact) mass is 449 g/mol. The Labute approximate surface area is 189 Å². The molecule has 3 rings (SSSR count). The van der Waals surface area contributed by atoms with Gasteiger partial charge in [-0.3, -0.25) is 4.79 Å². The topological polar surface area (TPSA) is 68.6 Å². The fraction of sp³-hybridized carbons (Fsp3) is 0.680. The molecule has 0 unspecified atom stereocenters. The summed E-state index contributed by atoms with van der Waals surface area (Å²) >= 11 is 0. The van der Waals surface area contributed by atoms with Gasteiger partial charge < -0.3 is 14.2 Å². The molecule has 0 N–H and O–H groups in total. The van der Waals surface area contributed by atoms with Crippen LogP contribution in [0.5, 0.6) is 5.75 Å². The lowest BCUT2D eigenvalue weighted by Crippen LogP contribution is -2.31. The quantitative estimate of drug-likeness (QED) is 0.275. The molecule has 0 aromatic heterocycles. The first-order chi connectivity index (χ1) is 15.5. The highest BCUT2D eigenvalue weighted by molar-refractivity contribution is 5.75. The molecule has 32 heavy (non-hydrogen) atoms. The molecular formula is C25H33F2NO4. The maximum atomic E-state index is 13.7. The molecule has 0 saturated heterocycles. The summed E-state index contributed by atoms with van der Waals surface area (Å²) in [5.74, 6) is -2.51. The van der Waals surface area contributed by atoms with Crippen LogP contribution in [-0.2, 0) is 14.3 Å². The number of unbranched alkanes of at least 4 members (excludes halogenated alkanes) is 1. The van der Waals surface area contributed by atoms with Gasteiger partial charge in [0.15, 0.2) is 0 Å². The lowest BCUT2D eigenvalue weighted by molar-refractivity contribution is -0.141. The Hall–Kier alpha value is -2.04. The Balaban J connectivity index is 1.35. The van der Waals surface area contributed by atoms with Crippen LogP contribution < -0.4 is 4.74 Å². The fourth-order valence-electron chi connectivity index (χ4n) is 4.51. The average Bonchev–Trinajstić information content (AvgIpc) is 2.79. The zero-order valence-corrected chi connectivity index (χ0v) is 18.8. The van der Waals surface area contributed by atoms with E-state index in [2.05, 4.69) is 6.92 Å². The molecule has 7 heteroatoms. The number of halogens is 2. The number of carbonyl (C=O) groups is 1. The molecule has 0 spiro atoms. The van der Waals surface area contributed by atoms with Crippen LogP contribution in [0.2, 0.25) is 0 Å². The van der Waals surface area contributed by atoms with Gasteiger partial charge in [0.1, 0.15) is 29.0 Å². The second-order valence-electron chi connectivity index (χ2n) is 8.97. The molecule has 2 saturated carbocycles. The lowest BCUT2D eigenvalue weighted by atomic mass is 9.86. The van der Waals surface area contributed by atoms with E-state index in [4.69, 9.17) is 19.5 Å². The minimum Gasteiger partial charge on any atom is -0.426 e. The summed E-state index contributed by atoms with van der Waals surface area (Å²) in [4.78, 5) is 12.4. The Morgan fingerprint density at radius 2 is 1.59 bits per heavy atom. The molecule has 2 aliphatic carbocycles. The first kappa shape index (κ1) is 24.6. The molecule has 2 fully saturated rings. The van der Waals surface area contributed by atoms with Crippen LogP contribution in [-0.4, -0.2) is 31.4 Å². The van der Waals surface area contributed by atoms with Crippen molar-refractivity contribution in [2.24, 2.45) is 11.8 Å². The van der Waals surface area contributed by atoms with Gasteiger partial charge in [0.2, 0.25) is 0 Å². The van der Waals surface area contributed by atoms with Crippen LogP contribution in [0.1, 0.15) is 76.7 Å². The van der Waals surface area contributed by atoms with E-state index in [0.29, 0.717) is 24.9 Å². The van der Waals surface area contributed by atoms with Crippen molar-refractivity contribution in [1.29, 1.82) is 5.26 Å². The highest BCUT2D eigenvalue weighted by atomic mass is 19.1. The number of esters is 1. The molecule has 0 radical (unpaired) electrons. The van der Waals surface area contributed by atoms with Gasteiger partial charge in [0, 0.05) is 25.3 Å². The Morgan fingerprint density at radius 3 is 2.19 bits per heavy atom. The highest BCUT2D eigenvalue weighted by Gasteiger charge is 2.30. The summed E-state index contributed by atoms with van der Waals surface area (Å²) in [5.41, 5.74) is -0.681. The first-order valence-electron chi connectivity index (χ1n) is 11.8. The van der Waals surface area contributed by atoms with E-state index in [1.165, 1.54) is 6.07 Å². The van der Waals surface area contributed by atoms with Gasteiger partial charge >= 0.3 is 5.97 Å². The zero-order valence-electron chi connectivity index (χ0n) is 18.8. The van der Waals surface area contributed by atoms with Crippen molar-refractivity contribution in [3.05, 3.63) is 29.3 Å². The van der Waals surface area contributed by atoms with Crippen molar-refractivity contribution in [1.82, 2.24) is 0 Å². The van der Waals surface area contributed by atoms with Crippen LogP contribution >= 0.6 is 0 Å². The smallest absolute Gasteiger partial charge is 0.314 e. The summed E-state index contributed by atoms with van der Waals surface area (Å²) in [6.45, 7) is 3.79. The van der Waals surface area contributed by atoms with Crippen LogP contribution in [0, 0.1) is 34.8 Å². The van der Waals surface area contributed by atoms with Gasteiger partial charge in [-0.1, -0.05) is 13.3 Å². The van der Waals surface area contributed by atoms with Gasteiger partial charge in [-0.15, -0.1) is 0 Å². The lowest BCUT2D eigenvalue weighted by Gasteiger charge is -2.31. The Morgan fingerprint density at radius 1 is 1.00 bits per heavy atom. The molecule has 1 aromatic rings. The summed E-state index contributed by atoms with van der Waals surface area (Å²) in [7, 11) is 0. The first-order valence-corrected chi connectivity index (χ1v) is 11.8. The normalized spacial score (nSPS) is 25.8. The SMILES string of the molecule is CCCCOC1CCC(COC2CCC(C(=O)Oc3cc(F)c(C#N)c(F)c3)CC2)CC1. The van der Waals surface area contributed by atoms with Crippen molar-refractivity contribution in [3.63, 3.8) is 0 Å². The van der Waals surface area contributed by atoms with E-state index in [1.807, 2.05) is 0 Å². The number of rotatable bonds is 9. The zero-order chi connectivity index (χ0) is 22.9. The Kier molecular flexibility index (Phi) is 9.43. The summed E-state index contributed by atoms with van der Waals surface area (Å²) in [6, 6.07) is 3.20. The van der Waals surface area contributed by atoms with E-state index < -0.39 is 23.2 Å². The molecule has 0 aliphatic heterocycles. The number of nitriles is 1. The summed E-state index contributed by atoms with van der Waals surface area (Å²) in [5, 5.41) is 8.72. The summed E-state index contributed by atoms with van der Waals surface area (Å²) in [6.07, 6.45) is 10.1. The number of hydrogen-bond acceptors (Lipinski definition) is 5. The van der Waals surface area contributed by atoms with E-state index in [0.717, 1.165) is 76.7 Å². The van der Waals surface area contributed by atoms with Crippen LogP contribution in [0.4, 0.5) is 8.78 Å². The van der Waals surface area contributed by atoms with Gasteiger partial charge in [-0.2, -0.15) is 5.26 Å². The van der Waals surface area contributed by atoms with Crippen molar-refractivity contribution >= 4 is 5.97 Å². The number of nitrogens with zero attached hydrogens (tertiary/aromatic N) is 1. The van der Waals surface area contributed by atoms with Crippen molar-refractivity contribution in [3.8, 4) is 11.8 Å². The predicted molar refractivity (Wildman–Crippen MR) is 115 cm³/mol. The molecule has 0 heterocycles. The molecule has 0 amide bonds. The van der Waals surface area contributed by atoms with Gasteiger partial charge in [0.05, 0.1) is 18.1 Å². The average molecular weight is 450 g/mol. The molecule has 5 nitrogen and oxygen atoms in total. The third-order valence-electron chi connectivity index (χ3n) is 6.57. The largest absolute Gasteiger partial charge is 0.426 e. The molecule has 0 atom stereocenters. The maximum Gasteiger partial charge on any atom is 0.314 e. The number of hydrogen-bond donors (Lipinski definition) is 0. The number of carbonyl (C=O) groups excluding carboxylic acids is 1. The highest BCUT2D eigenvalue weighted by Crippen LogP contribution is 2.31. The second kappa shape index (κ2) is 12.3. The standard InChI is InChI=1S/C25H33F2NO4/c1-2-3-12-30-19-8-4-17(5-9-19)16-31-20-10-6-18(7-11-20)25(29)32-21-13-23(26)22(15-28)24(27)14-21/h13-14,17-20H,2-12,16H2,1H3.